The first-order valence-corrected chi connectivity index (χ1v) is 7.81. The number of hydrogen-bond acceptors (Lipinski definition) is 3. The molecule has 0 unspecified atom stereocenters. The van der Waals surface area contributed by atoms with E-state index < -0.39 is 5.69 Å². The monoisotopic (exact) mass is 340 g/mol. The number of amides is 1. The molecule has 0 saturated carbocycles. The van der Waals surface area contributed by atoms with Crippen molar-refractivity contribution >= 4 is 23.3 Å². The van der Waals surface area contributed by atoms with Crippen LogP contribution in [0.15, 0.2) is 59.4 Å². The van der Waals surface area contributed by atoms with Crippen LogP contribution in [0.1, 0.15) is 11.4 Å². The van der Waals surface area contributed by atoms with E-state index in [0.29, 0.717) is 17.4 Å². The maximum atomic E-state index is 12.5. The summed E-state index contributed by atoms with van der Waals surface area (Å²) in [4.78, 5) is 26.6. The molecule has 3 aromatic rings. The van der Waals surface area contributed by atoms with E-state index in [1.165, 1.54) is 9.58 Å². The zero-order chi connectivity index (χ0) is 16.7. The number of carbonyl (C=O) groups is 1. The molecule has 1 amide bonds. The van der Waals surface area contributed by atoms with E-state index in [-0.39, 0.29) is 12.6 Å². The van der Waals surface area contributed by atoms with Gasteiger partial charge in [0.2, 0.25) is 0 Å². The molecule has 2 aromatic carbocycles. The Hall–Kier alpha value is -2.86. The van der Waals surface area contributed by atoms with Gasteiger partial charge in [0.15, 0.2) is 5.82 Å². The molecule has 24 heavy (non-hydrogen) atoms. The summed E-state index contributed by atoms with van der Waals surface area (Å²) in [6.07, 6.45) is 0. The molecule has 1 aromatic heterocycles. The fourth-order valence-corrected chi connectivity index (χ4v) is 2.88. The Morgan fingerprint density at radius 3 is 2.38 bits per heavy atom. The lowest BCUT2D eigenvalue weighted by Gasteiger charge is -2.14. The van der Waals surface area contributed by atoms with E-state index in [9.17, 15) is 9.59 Å². The number of anilines is 1. The summed E-state index contributed by atoms with van der Waals surface area (Å²) in [7, 11) is 0. The molecule has 2 heterocycles. The highest BCUT2D eigenvalue weighted by atomic mass is 35.5. The van der Waals surface area contributed by atoms with E-state index in [2.05, 4.69) is 5.10 Å². The molecular weight excluding hydrogens is 328 g/mol. The van der Waals surface area contributed by atoms with Gasteiger partial charge in [-0.2, -0.15) is 9.67 Å². The smallest absolute Gasteiger partial charge is 0.286 e. The van der Waals surface area contributed by atoms with Crippen LogP contribution in [0.4, 0.5) is 10.5 Å². The van der Waals surface area contributed by atoms with Crippen molar-refractivity contribution in [3.63, 3.8) is 0 Å². The number of carbonyl (C=O) groups excluding carboxylic acids is 1. The van der Waals surface area contributed by atoms with Gasteiger partial charge in [0, 0.05) is 10.7 Å². The fraction of sp³-hybridized carbons (Fsp3) is 0.118. The fourth-order valence-electron chi connectivity index (χ4n) is 2.75. The van der Waals surface area contributed by atoms with Crippen LogP contribution in [0.5, 0.6) is 0 Å². The Bertz CT molecular complexity index is 961. The highest BCUT2D eigenvalue weighted by molar-refractivity contribution is 6.30. The SMILES string of the molecule is O=C1N(c2ccccc2)Cc2nn(Cc3ccc(Cl)cc3)c(=O)n21. The van der Waals surface area contributed by atoms with Crippen LogP contribution >= 0.6 is 11.6 Å². The van der Waals surface area contributed by atoms with Crippen LogP contribution in [0, 0.1) is 0 Å². The zero-order valence-corrected chi connectivity index (χ0v) is 13.3. The zero-order valence-electron chi connectivity index (χ0n) is 12.6. The molecular formula is C17H13ClN4O2. The number of fused-ring (bicyclic) bond motifs is 1. The lowest BCUT2D eigenvalue weighted by Crippen LogP contribution is -2.34. The number of rotatable bonds is 3. The molecule has 1 aliphatic heterocycles. The van der Waals surface area contributed by atoms with Crippen molar-refractivity contribution in [1.29, 1.82) is 0 Å². The summed E-state index contributed by atoms with van der Waals surface area (Å²) in [5.74, 6) is 0.447. The van der Waals surface area contributed by atoms with E-state index in [1.807, 2.05) is 42.5 Å². The number of para-hydroxylation sites is 1. The second kappa shape index (κ2) is 5.65. The van der Waals surface area contributed by atoms with Gasteiger partial charge in [-0.05, 0) is 29.8 Å². The predicted molar refractivity (Wildman–Crippen MR) is 90.5 cm³/mol. The quantitative estimate of drug-likeness (QED) is 0.736. The molecule has 1 aliphatic rings. The summed E-state index contributed by atoms with van der Waals surface area (Å²) in [5, 5.41) is 4.94. The predicted octanol–water partition coefficient (Wildman–Crippen LogP) is 2.73. The van der Waals surface area contributed by atoms with Gasteiger partial charge in [-0.1, -0.05) is 41.9 Å². The van der Waals surface area contributed by atoms with Crippen molar-refractivity contribution in [3.05, 3.63) is 81.5 Å². The molecule has 0 atom stereocenters. The lowest BCUT2D eigenvalue weighted by atomic mass is 10.2. The molecule has 120 valence electrons. The molecule has 4 rings (SSSR count). The number of aromatic nitrogens is 3. The standard InChI is InChI=1S/C17H13ClN4O2/c18-13-8-6-12(7-9-13)10-21-17(24)22-15(19-21)11-20(16(22)23)14-4-2-1-3-5-14/h1-9H,10-11H2. The summed E-state index contributed by atoms with van der Waals surface area (Å²) >= 11 is 5.86. The number of nitrogens with zero attached hydrogens (tertiary/aromatic N) is 4. The minimum atomic E-state index is -0.427. The summed E-state index contributed by atoms with van der Waals surface area (Å²) in [6.45, 7) is 0.584. The third-order valence-electron chi connectivity index (χ3n) is 3.94. The van der Waals surface area contributed by atoms with Gasteiger partial charge in [0.1, 0.15) is 0 Å². The van der Waals surface area contributed by atoms with E-state index in [0.717, 1.165) is 15.8 Å². The van der Waals surface area contributed by atoms with Crippen LogP contribution in [-0.2, 0) is 13.1 Å². The molecule has 0 saturated heterocycles. The first kappa shape index (κ1) is 14.7. The van der Waals surface area contributed by atoms with Gasteiger partial charge < -0.3 is 0 Å². The topological polar surface area (TPSA) is 60.1 Å². The maximum Gasteiger partial charge on any atom is 0.354 e. The highest BCUT2D eigenvalue weighted by Crippen LogP contribution is 2.21. The van der Waals surface area contributed by atoms with Crippen LogP contribution in [-0.4, -0.2) is 20.4 Å². The lowest BCUT2D eigenvalue weighted by molar-refractivity contribution is 0.250. The molecule has 0 bridgehead atoms. The van der Waals surface area contributed by atoms with Crippen molar-refractivity contribution in [2.75, 3.05) is 4.90 Å². The second-order valence-electron chi connectivity index (χ2n) is 5.52. The number of benzene rings is 2. The largest absolute Gasteiger partial charge is 0.354 e. The van der Waals surface area contributed by atoms with E-state index in [4.69, 9.17) is 11.6 Å². The van der Waals surface area contributed by atoms with Crippen molar-refractivity contribution < 1.29 is 4.79 Å². The Labute approximate surface area is 142 Å². The summed E-state index contributed by atoms with van der Waals surface area (Å²) in [6, 6.07) is 16.0. The minimum Gasteiger partial charge on any atom is -0.286 e. The molecule has 7 heteroatoms. The average Bonchev–Trinajstić information content (AvgIpc) is 3.08. The Morgan fingerprint density at radius 2 is 1.71 bits per heavy atom. The number of hydrogen-bond donors (Lipinski definition) is 0. The number of halogens is 1. The van der Waals surface area contributed by atoms with Gasteiger partial charge in [-0.3, -0.25) is 4.90 Å². The van der Waals surface area contributed by atoms with Gasteiger partial charge in [0.05, 0.1) is 13.1 Å². The highest BCUT2D eigenvalue weighted by Gasteiger charge is 2.33. The maximum absolute atomic E-state index is 12.5. The van der Waals surface area contributed by atoms with Crippen LogP contribution in [0.25, 0.3) is 0 Å². The van der Waals surface area contributed by atoms with Crippen LogP contribution in [0.2, 0.25) is 5.02 Å². The van der Waals surface area contributed by atoms with Crippen molar-refractivity contribution in [2.45, 2.75) is 13.1 Å². The third kappa shape index (κ3) is 2.41. The Kier molecular flexibility index (Phi) is 3.46. The molecule has 0 fully saturated rings. The molecule has 6 nitrogen and oxygen atoms in total. The van der Waals surface area contributed by atoms with Gasteiger partial charge in [0.25, 0.3) is 0 Å². The van der Waals surface area contributed by atoms with Crippen molar-refractivity contribution in [3.8, 4) is 0 Å². The average molecular weight is 341 g/mol. The van der Waals surface area contributed by atoms with E-state index >= 15 is 0 Å². The van der Waals surface area contributed by atoms with Gasteiger partial charge >= 0.3 is 11.7 Å². The normalized spacial score (nSPS) is 13.4. The first-order valence-electron chi connectivity index (χ1n) is 7.43. The Balaban J connectivity index is 1.64. The van der Waals surface area contributed by atoms with Crippen molar-refractivity contribution in [1.82, 2.24) is 14.3 Å². The minimum absolute atomic E-state index is 0.283. The van der Waals surface area contributed by atoms with Crippen LogP contribution < -0.4 is 10.6 Å². The van der Waals surface area contributed by atoms with Gasteiger partial charge in [-0.15, -0.1) is 0 Å². The molecule has 0 aliphatic carbocycles. The second-order valence-corrected chi connectivity index (χ2v) is 5.96. The summed E-state index contributed by atoms with van der Waals surface area (Å²) in [5.41, 5.74) is 1.21. The van der Waals surface area contributed by atoms with Crippen LogP contribution in [0.3, 0.4) is 0 Å². The summed E-state index contributed by atoms with van der Waals surface area (Å²) < 4.78 is 2.43. The van der Waals surface area contributed by atoms with E-state index in [1.54, 1.807) is 12.1 Å². The molecule has 0 N–H and O–H groups in total. The van der Waals surface area contributed by atoms with Crippen molar-refractivity contribution in [2.24, 2.45) is 0 Å². The van der Waals surface area contributed by atoms with Gasteiger partial charge in [-0.25, -0.2) is 14.3 Å². The third-order valence-corrected chi connectivity index (χ3v) is 4.19. The molecule has 0 radical (unpaired) electrons. The molecule has 0 spiro atoms. The first-order chi connectivity index (χ1) is 11.6. The Morgan fingerprint density at radius 1 is 1.00 bits per heavy atom.